The van der Waals surface area contributed by atoms with Gasteiger partial charge in [0.05, 0.1) is 26.4 Å². The van der Waals surface area contributed by atoms with Crippen LogP contribution >= 0.6 is 15.6 Å². The molecule has 0 heterocycles. The highest BCUT2D eigenvalue weighted by molar-refractivity contribution is 7.47. The molecular formula is C91H178O17P2. The van der Waals surface area contributed by atoms with Crippen molar-refractivity contribution in [3.8, 4) is 0 Å². The first kappa shape index (κ1) is 108. The summed E-state index contributed by atoms with van der Waals surface area (Å²) in [4.78, 5) is 73.4. The van der Waals surface area contributed by atoms with Crippen LogP contribution in [-0.2, 0) is 65.4 Å². The van der Waals surface area contributed by atoms with Gasteiger partial charge in [0, 0.05) is 25.7 Å². The summed E-state index contributed by atoms with van der Waals surface area (Å²) in [5, 5.41) is 10.7. The van der Waals surface area contributed by atoms with Crippen LogP contribution in [0, 0.1) is 5.92 Å². The Kier molecular flexibility index (Phi) is 82.1. The molecule has 0 aromatic heterocycles. The summed E-state index contributed by atoms with van der Waals surface area (Å²) in [6, 6.07) is 0. The number of unbranched alkanes of at least 4 members (excludes halogenated alkanes) is 63. The predicted molar refractivity (Wildman–Crippen MR) is 455 cm³/mol. The first-order valence-corrected chi connectivity index (χ1v) is 50.1. The number of rotatable bonds is 91. The molecule has 0 aliphatic carbocycles. The second-order valence-electron chi connectivity index (χ2n) is 33.2. The molecule has 2 unspecified atom stereocenters. The standard InChI is InChI=1S/C91H178O17P2/c1-6-9-12-15-18-21-24-26-28-30-32-34-36-38-42-46-51-56-61-66-71-76-90(95)108-87(81-102-89(94)75-70-65-60-55-50-45-41-37-35-33-31-29-27-25-22-19-16-13-10-7-2)83-106-110(99,100)104-79-85(92)78-103-109(97,98)105-82-86(80-101-88(93)74-69-64-59-54-48-23-20-17-14-11-8-3)107-91(96)77-72-67-62-57-52-47-43-39-40-44-49-53-58-63-68-73-84(4)5/h84-87,92H,6-83H2,1-5H3,(H,97,98)(H,99,100)/t85-,86+,87+/m0/s1. The van der Waals surface area contributed by atoms with E-state index in [1.807, 2.05) is 0 Å². The molecule has 5 atom stereocenters. The van der Waals surface area contributed by atoms with Gasteiger partial charge in [-0.25, -0.2) is 9.13 Å². The van der Waals surface area contributed by atoms with Gasteiger partial charge in [0.1, 0.15) is 19.3 Å². The largest absolute Gasteiger partial charge is 0.472 e. The lowest BCUT2D eigenvalue weighted by Gasteiger charge is -2.21. The molecule has 0 saturated carbocycles. The maximum absolute atomic E-state index is 13.2. The monoisotopic (exact) mass is 1610 g/mol. The van der Waals surface area contributed by atoms with Crippen molar-refractivity contribution in [3.05, 3.63) is 0 Å². The smallest absolute Gasteiger partial charge is 0.462 e. The van der Waals surface area contributed by atoms with Gasteiger partial charge in [0.25, 0.3) is 0 Å². The summed E-state index contributed by atoms with van der Waals surface area (Å²) < 4.78 is 69.1. The summed E-state index contributed by atoms with van der Waals surface area (Å²) >= 11 is 0. The minimum absolute atomic E-state index is 0.109. The van der Waals surface area contributed by atoms with Crippen molar-refractivity contribution in [2.75, 3.05) is 39.6 Å². The number of esters is 4. The number of ether oxygens (including phenoxy) is 4. The number of carbonyl (C=O) groups excluding carboxylic acids is 4. The normalized spacial score (nSPS) is 13.7. The van der Waals surface area contributed by atoms with Crippen molar-refractivity contribution in [2.45, 2.75) is 515 Å². The molecule has 0 fully saturated rings. The Morgan fingerprint density at radius 2 is 0.418 bits per heavy atom. The number of carbonyl (C=O) groups is 4. The number of hydrogen-bond donors (Lipinski definition) is 3. The van der Waals surface area contributed by atoms with E-state index in [9.17, 15) is 43.2 Å². The van der Waals surface area contributed by atoms with Gasteiger partial charge in [-0.3, -0.25) is 37.3 Å². The van der Waals surface area contributed by atoms with Gasteiger partial charge in [-0.15, -0.1) is 0 Å². The van der Waals surface area contributed by atoms with Gasteiger partial charge >= 0.3 is 39.5 Å². The van der Waals surface area contributed by atoms with E-state index in [0.717, 1.165) is 95.8 Å². The molecule has 0 aliphatic heterocycles. The number of hydrogen-bond acceptors (Lipinski definition) is 15. The van der Waals surface area contributed by atoms with Crippen molar-refractivity contribution < 1.29 is 80.2 Å². The first-order chi connectivity index (χ1) is 53.5. The highest BCUT2D eigenvalue weighted by Crippen LogP contribution is 2.45. The lowest BCUT2D eigenvalue weighted by Crippen LogP contribution is -2.30. The number of aliphatic hydroxyl groups excluding tert-OH is 1. The minimum Gasteiger partial charge on any atom is -0.462 e. The fraction of sp³-hybridized carbons (Fsp3) is 0.956. The Hall–Kier alpha value is -1.94. The van der Waals surface area contributed by atoms with E-state index in [2.05, 4.69) is 34.6 Å². The predicted octanol–water partition coefficient (Wildman–Crippen LogP) is 28.3. The molecule has 0 aliphatic rings. The van der Waals surface area contributed by atoms with Gasteiger partial charge in [0.15, 0.2) is 12.2 Å². The Balaban J connectivity index is 5.23. The fourth-order valence-electron chi connectivity index (χ4n) is 14.4. The zero-order chi connectivity index (χ0) is 80.4. The van der Waals surface area contributed by atoms with Crippen molar-refractivity contribution in [3.63, 3.8) is 0 Å². The molecule has 0 radical (unpaired) electrons. The van der Waals surface area contributed by atoms with Gasteiger partial charge < -0.3 is 33.8 Å². The molecule has 0 amide bonds. The molecule has 110 heavy (non-hydrogen) atoms. The third-order valence-electron chi connectivity index (χ3n) is 21.5. The zero-order valence-electron chi connectivity index (χ0n) is 72.4. The lowest BCUT2D eigenvalue weighted by molar-refractivity contribution is -0.161. The third kappa shape index (κ3) is 84.0. The summed E-state index contributed by atoms with van der Waals surface area (Å²) in [5.41, 5.74) is 0. The van der Waals surface area contributed by atoms with Crippen molar-refractivity contribution in [1.29, 1.82) is 0 Å². The van der Waals surface area contributed by atoms with Gasteiger partial charge in [-0.2, -0.15) is 0 Å². The third-order valence-corrected chi connectivity index (χ3v) is 23.4. The van der Waals surface area contributed by atoms with Crippen LogP contribution in [0.1, 0.15) is 497 Å². The first-order valence-electron chi connectivity index (χ1n) is 47.1. The van der Waals surface area contributed by atoms with Crippen LogP contribution in [0.15, 0.2) is 0 Å². The van der Waals surface area contributed by atoms with Crippen LogP contribution in [0.25, 0.3) is 0 Å². The molecule has 0 spiro atoms. The lowest BCUT2D eigenvalue weighted by atomic mass is 10.0. The molecule has 0 aromatic carbocycles. The summed E-state index contributed by atoms with van der Waals surface area (Å²) in [7, 11) is -9.93. The number of phosphoric acid groups is 2. The van der Waals surface area contributed by atoms with Crippen molar-refractivity contribution >= 4 is 39.5 Å². The van der Waals surface area contributed by atoms with Crippen LogP contribution in [0.3, 0.4) is 0 Å². The Morgan fingerprint density at radius 1 is 0.245 bits per heavy atom. The molecule has 0 rings (SSSR count). The second-order valence-corrected chi connectivity index (χ2v) is 36.1. The van der Waals surface area contributed by atoms with Crippen LogP contribution in [0.2, 0.25) is 0 Å². The fourth-order valence-corrected chi connectivity index (χ4v) is 15.9. The van der Waals surface area contributed by atoms with Crippen LogP contribution in [-0.4, -0.2) is 96.7 Å². The molecule has 0 bridgehead atoms. The summed E-state index contributed by atoms with van der Waals surface area (Å²) in [6.45, 7) is 7.42. The van der Waals surface area contributed by atoms with Crippen molar-refractivity contribution in [2.24, 2.45) is 5.92 Å². The molecule has 3 N–H and O–H groups in total. The Bertz CT molecular complexity index is 2080. The average Bonchev–Trinajstić information content (AvgIpc) is 0.899. The van der Waals surface area contributed by atoms with E-state index < -0.39 is 97.5 Å². The number of aliphatic hydroxyl groups is 1. The van der Waals surface area contributed by atoms with Crippen molar-refractivity contribution in [1.82, 2.24) is 0 Å². The van der Waals surface area contributed by atoms with E-state index in [1.165, 1.54) is 321 Å². The molecule has 19 heteroatoms. The highest BCUT2D eigenvalue weighted by Gasteiger charge is 2.31. The molecule has 654 valence electrons. The van der Waals surface area contributed by atoms with E-state index >= 15 is 0 Å². The van der Waals surface area contributed by atoms with E-state index in [4.69, 9.17) is 37.0 Å². The molecular weight excluding hydrogens is 1430 g/mol. The SMILES string of the molecule is CCCCCCCCCCCCCCCCCCCCCCCC(=O)O[C@H](COC(=O)CCCCCCCCCCCCCCCCCCCCCC)COP(=O)(O)OC[C@@H](O)COP(=O)(O)OC[C@@H](COC(=O)CCCCCCCCCCCCC)OC(=O)CCCCCCCCCCCCCCCCCC(C)C. The maximum atomic E-state index is 13.2. The van der Waals surface area contributed by atoms with E-state index in [-0.39, 0.29) is 25.7 Å². The van der Waals surface area contributed by atoms with Gasteiger partial charge in [0.2, 0.25) is 0 Å². The van der Waals surface area contributed by atoms with Gasteiger partial charge in [-0.1, -0.05) is 446 Å². The maximum Gasteiger partial charge on any atom is 0.472 e. The van der Waals surface area contributed by atoms with Crippen LogP contribution in [0.5, 0.6) is 0 Å². The van der Waals surface area contributed by atoms with Crippen LogP contribution < -0.4 is 0 Å². The second kappa shape index (κ2) is 83.5. The number of phosphoric ester groups is 2. The van der Waals surface area contributed by atoms with Gasteiger partial charge in [-0.05, 0) is 31.6 Å². The topological polar surface area (TPSA) is 237 Å². The Morgan fingerprint density at radius 3 is 0.618 bits per heavy atom. The van der Waals surface area contributed by atoms with E-state index in [0.29, 0.717) is 25.7 Å². The average molecular weight is 1610 g/mol. The quantitative estimate of drug-likeness (QED) is 0.0222. The molecule has 17 nitrogen and oxygen atoms in total. The highest BCUT2D eigenvalue weighted by atomic mass is 31.2. The van der Waals surface area contributed by atoms with E-state index in [1.54, 1.807) is 0 Å². The Labute approximate surface area is 677 Å². The zero-order valence-corrected chi connectivity index (χ0v) is 74.2. The summed E-state index contributed by atoms with van der Waals surface area (Å²) in [5.74, 6) is -1.29. The minimum atomic E-state index is -4.97. The molecule has 0 aromatic rings. The molecule has 0 saturated heterocycles. The van der Waals surface area contributed by atoms with Crippen LogP contribution in [0.4, 0.5) is 0 Å². The summed E-state index contributed by atoms with van der Waals surface area (Å²) in [6.07, 6.45) is 79.3.